The third-order valence-electron chi connectivity index (χ3n) is 4.53. The predicted octanol–water partition coefficient (Wildman–Crippen LogP) is 5.02. The van der Waals surface area contributed by atoms with Crippen molar-refractivity contribution in [2.75, 3.05) is 11.8 Å². The molecule has 1 amide bonds. The number of benzene rings is 3. The fourth-order valence-electron chi connectivity index (χ4n) is 3.04. The number of carbonyl (C=O) groups is 1. The van der Waals surface area contributed by atoms with Crippen molar-refractivity contribution in [2.24, 2.45) is 0 Å². The number of rotatable bonds is 6. The van der Waals surface area contributed by atoms with Crippen LogP contribution >= 0.6 is 22.9 Å². The average molecular weight is 472 g/mol. The van der Waals surface area contributed by atoms with Gasteiger partial charge in [0.15, 0.2) is 0 Å². The molecule has 9 heteroatoms. The molecule has 6 nitrogen and oxygen atoms in total. The van der Waals surface area contributed by atoms with Crippen LogP contribution in [0.25, 0.3) is 10.2 Å². The van der Waals surface area contributed by atoms with Crippen LogP contribution in [-0.4, -0.2) is 31.3 Å². The van der Waals surface area contributed by atoms with Crippen LogP contribution in [0.2, 0.25) is 5.02 Å². The van der Waals surface area contributed by atoms with E-state index >= 15 is 0 Å². The highest BCUT2D eigenvalue weighted by atomic mass is 35.5. The van der Waals surface area contributed by atoms with Gasteiger partial charge in [0.2, 0.25) is 0 Å². The van der Waals surface area contributed by atoms with Gasteiger partial charge in [0.05, 0.1) is 27.3 Å². The standard InChI is InChI=1S/C22H18ClN3O3S2/c1-26(14-21-24-19-10-2-3-11-20(19)30-21)22(27)15-6-4-9-18(12-15)31(28,29)25-17-8-5-7-16(23)13-17/h2-13,25H,14H2,1H3. The number of thiazole rings is 1. The lowest BCUT2D eigenvalue weighted by atomic mass is 10.2. The third kappa shape index (κ3) is 4.87. The number of fused-ring (bicyclic) bond motifs is 1. The van der Waals surface area contributed by atoms with Crippen molar-refractivity contribution in [3.8, 4) is 0 Å². The Kier molecular flexibility index (Phi) is 5.95. The molecule has 0 fully saturated rings. The van der Waals surface area contributed by atoms with Crippen LogP contribution in [0.15, 0.2) is 77.7 Å². The van der Waals surface area contributed by atoms with Gasteiger partial charge in [0.25, 0.3) is 15.9 Å². The maximum Gasteiger partial charge on any atom is 0.261 e. The molecule has 158 valence electrons. The van der Waals surface area contributed by atoms with Crippen molar-refractivity contribution < 1.29 is 13.2 Å². The zero-order valence-electron chi connectivity index (χ0n) is 16.4. The predicted molar refractivity (Wildman–Crippen MR) is 124 cm³/mol. The first-order valence-corrected chi connectivity index (χ1v) is 12.0. The molecule has 0 atom stereocenters. The van der Waals surface area contributed by atoms with Gasteiger partial charge in [-0.15, -0.1) is 11.3 Å². The van der Waals surface area contributed by atoms with E-state index in [1.54, 1.807) is 37.4 Å². The molecular weight excluding hydrogens is 454 g/mol. The number of carbonyl (C=O) groups excluding carboxylic acids is 1. The van der Waals surface area contributed by atoms with Crippen LogP contribution in [0, 0.1) is 0 Å². The summed E-state index contributed by atoms with van der Waals surface area (Å²) in [5.74, 6) is -0.293. The van der Waals surface area contributed by atoms with Crippen molar-refractivity contribution in [1.82, 2.24) is 9.88 Å². The van der Waals surface area contributed by atoms with Crippen LogP contribution in [0.3, 0.4) is 0 Å². The van der Waals surface area contributed by atoms with E-state index in [4.69, 9.17) is 11.6 Å². The molecule has 0 spiro atoms. The Morgan fingerprint density at radius 1 is 1.06 bits per heavy atom. The molecule has 0 unspecified atom stereocenters. The highest BCUT2D eigenvalue weighted by Crippen LogP contribution is 2.24. The molecule has 0 bridgehead atoms. The number of nitrogens with one attached hydrogen (secondary N) is 1. The van der Waals surface area contributed by atoms with Gasteiger partial charge >= 0.3 is 0 Å². The first kappa shape index (κ1) is 21.3. The second-order valence-corrected chi connectivity index (χ2v) is 10.1. The molecule has 3 aromatic carbocycles. The first-order chi connectivity index (χ1) is 14.8. The molecule has 0 aliphatic rings. The van der Waals surface area contributed by atoms with Gasteiger partial charge in [-0.1, -0.05) is 35.9 Å². The maximum atomic E-state index is 12.9. The zero-order chi connectivity index (χ0) is 22.0. The summed E-state index contributed by atoms with van der Waals surface area (Å²) in [5.41, 5.74) is 1.51. The summed E-state index contributed by atoms with van der Waals surface area (Å²) in [6, 6.07) is 20.1. The van der Waals surface area contributed by atoms with Crippen molar-refractivity contribution in [2.45, 2.75) is 11.4 Å². The second-order valence-electron chi connectivity index (χ2n) is 6.88. The quantitative estimate of drug-likeness (QED) is 0.428. The average Bonchev–Trinajstić information content (AvgIpc) is 3.15. The Morgan fingerprint density at radius 2 is 1.84 bits per heavy atom. The molecule has 0 radical (unpaired) electrons. The summed E-state index contributed by atoms with van der Waals surface area (Å²) in [7, 11) is -2.21. The molecule has 0 saturated heterocycles. The second kappa shape index (κ2) is 8.66. The molecule has 0 saturated carbocycles. The fourth-order valence-corrected chi connectivity index (χ4v) is 5.35. The molecule has 31 heavy (non-hydrogen) atoms. The molecule has 1 heterocycles. The normalized spacial score (nSPS) is 11.4. The monoisotopic (exact) mass is 471 g/mol. The molecule has 4 aromatic rings. The molecule has 1 N–H and O–H groups in total. The maximum absolute atomic E-state index is 12.9. The minimum absolute atomic E-state index is 0.00767. The molecule has 4 rings (SSSR count). The Labute approximate surface area is 189 Å². The van der Waals surface area contributed by atoms with Crippen molar-refractivity contribution in [1.29, 1.82) is 0 Å². The van der Waals surface area contributed by atoms with E-state index in [0.29, 0.717) is 17.3 Å². The van der Waals surface area contributed by atoms with Gasteiger partial charge in [-0.05, 0) is 48.5 Å². The van der Waals surface area contributed by atoms with Crippen LogP contribution in [0.1, 0.15) is 15.4 Å². The number of aromatic nitrogens is 1. The van der Waals surface area contributed by atoms with E-state index < -0.39 is 10.0 Å². The summed E-state index contributed by atoms with van der Waals surface area (Å²) in [6.45, 7) is 0.329. The number of anilines is 1. The summed E-state index contributed by atoms with van der Waals surface area (Å²) in [4.78, 5) is 19.0. The lowest BCUT2D eigenvalue weighted by Crippen LogP contribution is -2.26. The SMILES string of the molecule is CN(Cc1nc2ccccc2s1)C(=O)c1cccc(S(=O)(=O)Nc2cccc(Cl)c2)c1. The highest BCUT2D eigenvalue weighted by molar-refractivity contribution is 7.92. The number of nitrogens with zero attached hydrogens (tertiary/aromatic N) is 2. The van der Waals surface area contributed by atoms with Gasteiger partial charge in [-0.3, -0.25) is 9.52 Å². The van der Waals surface area contributed by atoms with Crippen molar-refractivity contribution in [3.63, 3.8) is 0 Å². The van der Waals surface area contributed by atoms with E-state index in [-0.39, 0.29) is 16.4 Å². The lowest BCUT2D eigenvalue weighted by molar-refractivity contribution is 0.0785. The van der Waals surface area contributed by atoms with Gasteiger partial charge in [0, 0.05) is 17.6 Å². The highest BCUT2D eigenvalue weighted by Gasteiger charge is 2.19. The van der Waals surface area contributed by atoms with E-state index in [1.807, 2.05) is 24.3 Å². The van der Waals surface area contributed by atoms with E-state index in [9.17, 15) is 13.2 Å². The molecule has 0 aliphatic carbocycles. The molecule has 0 aliphatic heterocycles. The Hall–Kier alpha value is -2.94. The Morgan fingerprint density at radius 3 is 2.61 bits per heavy atom. The Bertz CT molecular complexity index is 1340. The number of halogens is 1. The summed E-state index contributed by atoms with van der Waals surface area (Å²) >= 11 is 7.45. The topological polar surface area (TPSA) is 79.4 Å². The summed E-state index contributed by atoms with van der Waals surface area (Å²) < 4.78 is 29.1. The smallest absolute Gasteiger partial charge is 0.261 e. The number of hydrogen-bond donors (Lipinski definition) is 1. The number of amides is 1. The van der Waals surface area contributed by atoms with Crippen LogP contribution in [-0.2, 0) is 16.6 Å². The number of para-hydroxylation sites is 1. The van der Waals surface area contributed by atoms with Crippen LogP contribution < -0.4 is 4.72 Å². The molecular formula is C22H18ClN3O3S2. The summed E-state index contributed by atoms with van der Waals surface area (Å²) in [5, 5.41) is 1.23. The van der Waals surface area contributed by atoms with Gasteiger partial charge in [0.1, 0.15) is 5.01 Å². The van der Waals surface area contributed by atoms with Gasteiger partial charge in [-0.2, -0.15) is 0 Å². The fraction of sp³-hybridized carbons (Fsp3) is 0.0909. The van der Waals surface area contributed by atoms with E-state index in [0.717, 1.165) is 15.2 Å². The zero-order valence-corrected chi connectivity index (χ0v) is 18.8. The van der Waals surface area contributed by atoms with E-state index in [1.165, 1.54) is 34.4 Å². The largest absolute Gasteiger partial charge is 0.335 e. The lowest BCUT2D eigenvalue weighted by Gasteiger charge is -2.16. The van der Waals surface area contributed by atoms with Crippen molar-refractivity contribution >= 4 is 54.8 Å². The van der Waals surface area contributed by atoms with Crippen LogP contribution in [0.5, 0.6) is 0 Å². The van der Waals surface area contributed by atoms with Crippen LogP contribution in [0.4, 0.5) is 5.69 Å². The minimum Gasteiger partial charge on any atom is -0.335 e. The minimum atomic E-state index is -3.88. The number of hydrogen-bond acceptors (Lipinski definition) is 5. The van der Waals surface area contributed by atoms with Crippen molar-refractivity contribution in [3.05, 3.63) is 88.4 Å². The number of sulfonamides is 1. The third-order valence-corrected chi connectivity index (χ3v) is 7.16. The summed E-state index contributed by atoms with van der Waals surface area (Å²) in [6.07, 6.45) is 0. The Balaban J connectivity index is 1.53. The first-order valence-electron chi connectivity index (χ1n) is 9.30. The molecule has 1 aromatic heterocycles. The van der Waals surface area contributed by atoms with Gasteiger partial charge < -0.3 is 4.90 Å². The van der Waals surface area contributed by atoms with Gasteiger partial charge in [-0.25, -0.2) is 13.4 Å². The van der Waals surface area contributed by atoms with E-state index in [2.05, 4.69) is 9.71 Å².